The molecule has 0 saturated heterocycles. The molecule has 1 N–H and O–H groups in total. The molecule has 90 valence electrons. The molecule has 0 bridgehead atoms. The highest BCUT2D eigenvalue weighted by molar-refractivity contribution is 7.99. The predicted molar refractivity (Wildman–Crippen MR) is 75.6 cm³/mol. The summed E-state index contributed by atoms with van der Waals surface area (Å²) >= 11 is 1.69. The van der Waals surface area contributed by atoms with Gasteiger partial charge in [0.2, 0.25) is 5.90 Å². The maximum atomic E-state index is 7.36. The Hall–Kier alpha value is -2.00. The van der Waals surface area contributed by atoms with Crippen LogP contribution in [0.15, 0.2) is 77.0 Å². The fourth-order valence-electron chi connectivity index (χ4n) is 1.37. The molecule has 0 unspecified atom stereocenters. The average Bonchev–Trinajstić information content (AvgIpc) is 2.42. The van der Waals surface area contributed by atoms with Gasteiger partial charge in [-0.05, 0) is 42.5 Å². The summed E-state index contributed by atoms with van der Waals surface area (Å²) < 4.78 is 5.22. The van der Waals surface area contributed by atoms with Crippen molar-refractivity contribution in [1.82, 2.24) is 0 Å². The van der Waals surface area contributed by atoms with Crippen LogP contribution in [0.3, 0.4) is 0 Å². The van der Waals surface area contributed by atoms with Gasteiger partial charge in [0.25, 0.3) is 0 Å². The molecule has 0 fully saturated rings. The summed E-state index contributed by atoms with van der Waals surface area (Å²) in [6.07, 6.45) is 1.37. The number of ether oxygens (including phenoxy) is 1. The van der Waals surface area contributed by atoms with Gasteiger partial charge in [0.15, 0.2) is 0 Å². The summed E-state index contributed by atoms with van der Waals surface area (Å²) in [6, 6.07) is 17.8. The smallest absolute Gasteiger partial charge is 0.211 e. The van der Waals surface area contributed by atoms with Crippen molar-refractivity contribution in [3.05, 3.63) is 67.3 Å². The van der Waals surface area contributed by atoms with Crippen LogP contribution < -0.4 is 4.74 Å². The molecule has 0 aliphatic rings. The van der Waals surface area contributed by atoms with Gasteiger partial charge in [-0.25, -0.2) is 0 Å². The maximum absolute atomic E-state index is 7.36. The van der Waals surface area contributed by atoms with E-state index in [2.05, 4.69) is 18.7 Å². The molecule has 0 aliphatic carbocycles. The van der Waals surface area contributed by atoms with E-state index in [9.17, 15) is 0 Å². The van der Waals surface area contributed by atoms with Gasteiger partial charge in [-0.3, -0.25) is 5.41 Å². The largest absolute Gasteiger partial charge is 0.440 e. The summed E-state index contributed by atoms with van der Waals surface area (Å²) in [6.45, 7) is 3.48. The van der Waals surface area contributed by atoms with Gasteiger partial charge in [0, 0.05) is 9.79 Å². The lowest BCUT2D eigenvalue weighted by Crippen LogP contribution is -2.01. The Morgan fingerprint density at radius 3 is 2.22 bits per heavy atom. The third-order valence-electron chi connectivity index (χ3n) is 2.22. The van der Waals surface area contributed by atoms with Gasteiger partial charge in [-0.1, -0.05) is 36.5 Å². The van der Waals surface area contributed by atoms with Crippen molar-refractivity contribution in [3.8, 4) is 5.75 Å². The van der Waals surface area contributed by atoms with Gasteiger partial charge < -0.3 is 4.74 Å². The van der Waals surface area contributed by atoms with Crippen LogP contribution >= 0.6 is 11.8 Å². The highest BCUT2D eigenvalue weighted by Gasteiger charge is 1.99. The second-order valence-electron chi connectivity index (χ2n) is 3.56. The van der Waals surface area contributed by atoms with Gasteiger partial charge in [-0.2, -0.15) is 0 Å². The molecular weight excluding hydrogens is 242 g/mol. The molecule has 0 aromatic heterocycles. The lowest BCUT2D eigenvalue weighted by Gasteiger charge is -2.05. The first-order valence-corrected chi connectivity index (χ1v) is 6.31. The fourth-order valence-corrected chi connectivity index (χ4v) is 2.21. The maximum Gasteiger partial charge on any atom is 0.211 e. The minimum absolute atomic E-state index is 0.0541. The van der Waals surface area contributed by atoms with Crippen molar-refractivity contribution < 1.29 is 4.74 Å². The molecule has 0 amide bonds. The van der Waals surface area contributed by atoms with Crippen molar-refractivity contribution >= 4 is 17.7 Å². The summed E-state index contributed by atoms with van der Waals surface area (Å²) in [5.41, 5.74) is 0. The van der Waals surface area contributed by atoms with Crippen LogP contribution in [0.25, 0.3) is 0 Å². The Kier molecular flexibility index (Phi) is 4.20. The number of rotatable bonds is 4. The minimum Gasteiger partial charge on any atom is -0.440 e. The Morgan fingerprint density at radius 2 is 1.61 bits per heavy atom. The molecule has 0 spiro atoms. The average molecular weight is 255 g/mol. The number of benzene rings is 2. The summed E-state index contributed by atoms with van der Waals surface area (Å²) in [5.74, 6) is 0.704. The van der Waals surface area contributed by atoms with E-state index in [0.717, 1.165) is 4.90 Å². The van der Waals surface area contributed by atoms with Crippen LogP contribution in [0.4, 0.5) is 0 Å². The number of hydrogen-bond acceptors (Lipinski definition) is 3. The molecule has 0 atom stereocenters. The summed E-state index contributed by atoms with van der Waals surface area (Å²) in [4.78, 5) is 2.34. The SMILES string of the molecule is C=CC(=N)Oc1ccc(Sc2ccccc2)cc1. The van der Waals surface area contributed by atoms with Gasteiger partial charge in [-0.15, -0.1) is 0 Å². The van der Waals surface area contributed by atoms with E-state index < -0.39 is 0 Å². The van der Waals surface area contributed by atoms with E-state index in [1.54, 1.807) is 11.8 Å². The molecule has 0 aliphatic heterocycles. The van der Waals surface area contributed by atoms with Crippen LogP contribution in [0.1, 0.15) is 0 Å². The van der Waals surface area contributed by atoms with Crippen LogP contribution in [0.5, 0.6) is 5.75 Å². The van der Waals surface area contributed by atoms with Crippen molar-refractivity contribution in [2.45, 2.75) is 9.79 Å². The normalized spacial score (nSPS) is 9.78. The first kappa shape index (κ1) is 12.5. The minimum atomic E-state index is 0.0541. The van der Waals surface area contributed by atoms with Crippen LogP contribution in [0, 0.1) is 5.41 Å². The third-order valence-corrected chi connectivity index (χ3v) is 3.23. The van der Waals surface area contributed by atoms with Gasteiger partial charge in [0.05, 0.1) is 0 Å². The zero-order chi connectivity index (χ0) is 12.8. The molecule has 2 rings (SSSR count). The van der Waals surface area contributed by atoms with Crippen LogP contribution in [-0.4, -0.2) is 5.90 Å². The second kappa shape index (κ2) is 6.07. The Bertz CT molecular complexity index is 534. The van der Waals surface area contributed by atoms with Gasteiger partial charge >= 0.3 is 0 Å². The standard InChI is InChI=1S/C15H13NOS/c1-2-15(16)17-12-8-10-14(11-9-12)18-13-6-4-3-5-7-13/h2-11,16H,1H2. The zero-order valence-corrected chi connectivity index (χ0v) is 10.6. The van der Waals surface area contributed by atoms with E-state index in [-0.39, 0.29) is 5.90 Å². The lowest BCUT2D eigenvalue weighted by molar-refractivity contribution is 0.550. The molecular formula is C15H13NOS. The van der Waals surface area contributed by atoms with E-state index in [1.165, 1.54) is 11.0 Å². The molecule has 2 nitrogen and oxygen atoms in total. The van der Waals surface area contributed by atoms with Crippen LogP contribution in [-0.2, 0) is 0 Å². The van der Waals surface area contributed by atoms with E-state index in [4.69, 9.17) is 10.1 Å². The third kappa shape index (κ3) is 3.50. The van der Waals surface area contributed by atoms with Crippen LogP contribution in [0.2, 0.25) is 0 Å². The summed E-state index contributed by atoms with van der Waals surface area (Å²) in [5, 5.41) is 7.36. The van der Waals surface area contributed by atoms with Crippen molar-refractivity contribution in [2.24, 2.45) is 0 Å². The topological polar surface area (TPSA) is 33.1 Å². The Balaban J connectivity index is 2.04. The summed E-state index contributed by atoms with van der Waals surface area (Å²) in [7, 11) is 0. The quantitative estimate of drug-likeness (QED) is 0.649. The molecule has 2 aromatic rings. The molecule has 0 radical (unpaired) electrons. The van der Waals surface area contributed by atoms with E-state index in [1.807, 2.05) is 42.5 Å². The second-order valence-corrected chi connectivity index (χ2v) is 4.70. The van der Waals surface area contributed by atoms with Crippen molar-refractivity contribution in [1.29, 1.82) is 5.41 Å². The Labute approximate surface area is 111 Å². The highest BCUT2D eigenvalue weighted by atomic mass is 32.2. The monoisotopic (exact) mass is 255 g/mol. The number of nitrogens with one attached hydrogen (secondary N) is 1. The Morgan fingerprint density at radius 1 is 1.00 bits per heavy atom. The highest BCUT2D eigenvalue weighted by Crippen LogP contribution is 2.28. The predicted octanol–water partition coefficient (Wildman–Crippen LogP) is 4.38. The molecule has 3 heteroatoms. The van der Waals surface area contributed by atoms with Crippen molar-refractivity contribution in [2.75, 3.05) is 0 Å². The first-order valence-electron chi connectivity index (χ1n) is 5.50. The molecule has 0 heterocycles. The zero-order valence-electron chi connectivity index (χ0n) is 9.80. The molecule has 0 saturated carbocycles. The lowest BCUT2D eigenvalue weighted by atomic mass is 10.3. The number of hydrogen-bond donors (Lipinski definition) is 1. The van der Waals surface area contributed by atoms with Gasteiger partial charge in [0.1, 0.15) is 5.75 Å². The molecule has 18 heavy (non-hydrogen) atoms. The fraction of sp³-hybridized carbons (Fsp3) is 0. The van der Waals surface area contributed by atoms with Crippen molar-refractivity contribution in [3.63, 3.8) is 0 Å². The van der Waals surface area contributed by atoms with E-state index >= 15 is 0 Å². The first-order chi connectivity index (χ1) is 8.78. The van der Waals surface area contributed by atoms with E-state index in [0.29, 0.717) is 5.75 Å². The molecule has 2 aromatic carbocycles.